The summed E-state index contributed by atoms with van der Waals surface area (Å²) in [6.45, 7) is 2.58. The van der Waals surface area contributed by atoms with Crippen molar-refractivity contribution in [2.24, 2.45) is 0 Å². The van der Waals surface area contributed by atoms with Gasteiger partial charge in [0.1, 0.15) is 17.6 Å². The SMILES string of the molecule is Cc1ccc(CN(C)c2ccccc2C#N)o1. The third-order valence-electron chi connectivity index (χ3n) is 2.62. The van der Waals surface area contributed by atoms with E-state index in [1.54, 1.807) is 0 Å². The van der Waals surface area contributed by atoms with Gasteiger partial charge in [-0.05, 0) is 31.2 Å². The first-order valence-corrected chi connectivity index (χ1v) is 5.46. The molecule has 0 aliphatic heterocycles. The molecule has 0 unspecified atom stereocenters. The van der Waals surface area contributed by atoms with Crippen LogP contribution in [-0.2, 0) is 6.54 Å². The monoisotopic (exact) mass is 226 g/mol. The molecule has 0 saturated carbocycles. The minimum absolute atomic E-state index is 0.659. The van der Waals surface area contributed by atoms with Crippen molar-refractivity contribution < 1.29 is 4.42 Å². The molecule has 1 aromatic heterocycles. The van der Waals surface area contributed by atoms with E-state index in [0.717, 1.165) is 17.2 Å². The molecule has 0 N–H and O–H groups in total. The van der Waals surface area contributed by atoms with Crippen LogP contribution in [0.3, 0.4) is 0 Å². The fourth-order valence-electron chi connectivity index (χ4n) is 1.79. The van der Waals surface area contributed by atoms with Crippen LogP contribution in [0, 0.1) is 18.3 Å². The van der Waals surface area contributed by atoms with Gasteiger partial charge in [-0.15, -0.1) is 0 Å². The van der Waals surface area contributed by atoms with E-state index in [1.165, 1.54) is 0 Å². The van der Waals surface area contributed by atoms with Crippen molar-refractivity contribution in [2.45, 2.75) is 13.5 Å². The molecule has 0 spiro atoms. The third-order valence-corrected chi connectivity index (χ3v) is 2.62. The van der Waals surface area contributed by atoms with E-state index in [4.69, 9.17) is 9.68 Å². The Labute approximate surface area is 101 Å². The predicted octanol–water partition coefficient (Wildman–Crippen LogP) is 3.10. The number of furan rings is 1. The molecule has 0 radical (unpaired) electrons. The zero-order valence-corrected chi connectivity index (χ0v) is 9.97. The maximum atomic E-state index is 9.04. The highest BCUT2D eigenvalue weighted by Gasteiger charge is 2.08. The zero-order valence-electron chi connectivity index (χ0n) is 9.97. The van der Waals surface area contributed by atoms with E-state index in [-0.39, 0.29) is 0 Å². The Bertz CT molecular complexity index is 551. The van der Waals surface area contributed by atoms with E-state index in [9.17, 15) is 0 Å². The van der Waals surface area contributed by atoms with E-state index < -0.39 is 0 Å². The molecule has 0 bridgehead atoms. The number of anilines is 1. The molecule has 0 aliphatic carbocycles. The summed E-state index contributed by atoms with van der Waals surface area (Å²) in [7, 11) is 1.95. The molecule has 0 atom stereocenters. The first-order chi connectivity index (χ1) is 8.20. The summed E-state index contributed by atoms with van der Waals surface area (Å²) in [5.74, 6) is 1.81. The van der Waals surface area contributed by atoms with Gasteiger partial charge in [-0.25, -0.2) is 0 Å². The van der Waals surface area contributed by atoms with Crippen LogP contribution >= 0.6 is 0 Å². The summed E-state index contributed by atoms with van der Waals surface area (Å²) in [4.78, 5) is 2.01. The molecule has 17 heavy (non-hydrogen) atoms. The second kappa shape index (κ2) is 4.75. The first kappa shape index (κ1) is 11.3. The molecule has 0 fully saturated rings. The maximum absolute atomic E-state index is 9.04. The van der Waals surface area contributed by atoms with Crippen LogP contribution in [0.25, 0.3) is 0 Å². The standard InChI is InChI=1S/C14H14N2O/c1-11-7-8-13(17-11)10-16(2)14-6-4-3-5-12(14)9-15/h3-8H,10H2,1-2H3. The van der Waals surface area contributed by atoms with Crippen LogP contribution in [0.5, 0.6) is 0 Å². The van der Waals surface area contributed by atoms with Crippen molar-refractivity contribution in [3.8, 4) is 6.07 Å². The van der Waals surface area contributed by atoms with Crippen molar-refractivity contribution in [3.05, 3.63) is 53.5 Å². The number of aryl methyl sites for hydroxylation is 1. The van der Waals surface area contributed by atoms with E-state index in [1.807, 2.05) is 55.3 Å². The Hall–Kier alpha value is -2.21. The normalized spacial score (nSPS) is 9.94. The quantitative estimate of drug-likeness (QED) is 0.807. The second-order valence-corrected chi connectivity index (χ2v) is 4.00. The summed E-state index contributed by atoms with van der Waals surface area (Å²) in [6.07, 6.45) is 0. The van der Waals surface area contributed by atoms with Crippen molar-refractivity contribution in [1.82, 2.24) is 0 Å². The predicted molar refractivity (Wildman–Crippen MR) is 66.7 cm³/mol. The van der Waals surface area contributed by atoms with Crippen molar-refractivity contribution in [2.75, 3.05) is 11.9 Å². The van der Waals surface area contributed by atoms with Gasteiger partial charge in [0.25, 0.3) is 0 Å². The minimum atomic E-state index is 0.659. The molecule has 0 aliphatic rings. The number of para-hydroxylation sites is 1. The highest BCUT2D eigenvalue weighted by atomic mass is 16.3. The Kier molecular flexibility index (Phi) is 3.15. The average molecular weight is 226 g/mol. The van der Waals surface area contributed by atoms with Crippen molar-refractivity contribution in [1.29, 1.82) is 5.26 Å². The van der Waals surface area contributed by atoms with Crippen LogP contribution in [0.15, 0.2) is 40.8 Å². The van der Waals surface area contributed by atoms with Gasteiger partial charge in [0.2, 0.25) is 0 Å². The molecule has 2 aromatic rings. The Morgan fingerprint density at radius 3 is 2.65 bits per heavy atom. The number of nitrogens with zero attached hydrogens (tertiary/aromatic N) is 2. The maximum Gasteiger partial charge on any atom is 0.123 e. The van der Waals surface area contributed by atoms with Gasteiger partial charge in [-0.1, -0.05) is 12.1 Å². The van der Waals surface area contributed by atoms with E-state index in [0.29, 0.717) is 12.1 Å². The molecule has 3 heteroatoms. The number of nitriles is 1. The van der Waals surface area contributed by atoms with Crippen molar-refractivity contribution >= 4 is 5.69 Å². The summed E-state index contributed by atoms with van der Waals surface area (Å²) in [5, 5.41) is 9.04. The Balaban J connectivity index is 2.20. The topological polar surface area (TPSA) is 40.2 Å². The van der Waals surface area contributed by atoms with Crippen LogP contribution in [0.4, 0.5) is 5.69 Å². The highest BCUT2D eigenvalue weighted by Crippen LogP contribution is 2.20. The van der Waals surface area contributed by atoms with E-state index in [2.05, 4.69) is 6.07 Å². The summed E-state index contributed by atoms with van der Waals surface area (Å²) in [6, 6.07) is 13.7. The molecule has 0 saturated heterocycles. The summed E-state index contributed by atoms with van der Waals surface area (Å²) >= 11 is 0. The Morgan fingerprint density at radius 2 is 2.00 bits per heavy atom. The number of benzene rings is 1. The molecule has 86 valence electrons. The average Bonchev–Trinajstić information content (AvgIpc) is 2.74. The summed E-state index contributed by atoms with van der Waals surface area (Å²) < 4.78 is 5.52. The summed E-state index contributed by atoms with van der Waals surface area (Å²) in [5.41, 5.74) is 1.60. The number of hydrogen-bond donors (Lipinski definition) is 0. The third kappa shape index (κ3) is 2.48. The van der Waals surface area contributed by atoms with Crippen LogP contribution in [-0.4, -0.2) is 7.05 Å². The molecular weight excluding hydrogens is 212 g/mol. The number of rotatable bonds is 3. The van der Waals surface area contributed by atoms with Gasteiger partial charge < -0.3 is 9.32 Å². The first-order valence-electron chi connectivity index (χ1n) is 5.46. The van der Waals surface area contributed by atoms with Gasteiger partial charge in [0, 0.05) is 7.05 Å². The second-order valence-electron chi connectivity index (χ2n) is 4.00. The smallest absolute Gasteiger partial charge is 0.123 e. The molecule has 0 amide bonds. The van der Waals surface area contributed by atoms with E-state index >= 15 is 0 Å². The van der Waals surface area contributed by atoms with Gasteiger partial charge in [0.15, 0.2) is 0 Å². The van der Waals surface area contributed by atoms with Gasteiger partial charge >= 0.3 is 0 Å². The highest BCUT2D eigenvalue weighted by molar-refractivity contribution is 5.58. The largest absolute Gasteiger partial charge is 0.464 e. The fraction of sp³-hybridized carbons (Fsp3) is 0.214. The fourth-order valence-corrected chi connectivity index (χ4v) is 1.79. The van der Waals surface area contributed by atoms with Crippen molar-refractivity contribution in [3.63, 3.8) is 0 Å². The molecule has 3 nitrogen and oxygen atoms in total. The van der Waals surface area contributed by atoms with Crippen LogP contribution < -0.4 is 4.90 Å². The van der Waals surface area contributed by atoms with Gasteiger partial charge in [-0.3, -0.25) is 0 Å². The molecular formula is C14H14N2O. The Morgan fingerprint density at radius 1 is 1.24 bits per heavy atom. The lowest BCUT2D eigenvalue weighted by Gasteiger charge is -2.18. The van der Waals surface area contributed by atoms with Crippen LogP contribution in [0.1, 0.15) is 17.1 Å². The molecule has 2 rings (SSSR count). The van der Waals surface area contributed by atoms with Crippen LogP contribution in [0.2, 0.25) is 0 Å². The molecule has 1 heterocycles. The van der Waals surface area contributed by atoms with Gasteiger partial charge in [-0.2, -0.15) is 5.26 Å². The minimum Gasteiger partial charge on any atom is -0.464 e. The number of hydrogen-bond acceptors (Lipinski definition) is 3. The lowest BCUT2D eigenvalue weighted by atomic mass is 10.2. The zero-order chi connectivity index (χ0) is 12.3. The molecule has 1 aromatic carbocycles. The van der Waals surface area contributed by atoms with Gasteiger partial charge in [0.05, 0.1) is 17.8 Å². The lowest BCUT2D eigenvalue weighted by molar-refractivity contribution is 0.482. The lowest BCUT2D eigenvalue weighted by Crippen LogP contribution is -2.16.